The van der Waals surface area contributed by atoms with Crippen LogP contribution in [-0.2, 0) is 5.75 Å². The van der Waals surface area contributed by atoms with Gasteiger partial charge >= 0.3 is 0 Å². The Bertz CT molecular complexity index is 605. The van der Waals surface area contributed by atoms with Gasteiger partial charge in [0.05, 0.1) is 22.4 Å². The highest BCUT2D eigenvalue weighted by Crippen LogP contribution is 2.30. The summed E-state index contributed by atoms with van der Waals surface area (Å²) < 4.78 is 2.16. The summed E-state index contributed by atoms with van der Waals surface area (Å²) in [7, 11) is 0. The number of nitrogens with two attached hydrogens (primary N) is 1. The lowest BCUT2D eigenvalue weighted by atomic mass is 9.96. The van der Waals surface area contributed by atoms with Crippen molar-refractivity contribution in [3.8, 4) is 0 Å². The topological polar surface area (TPSA) is 43.8 Å². The number of thioether (sulfide) groups is 1. The quantitative estimate of drug-likeness (QED) is 0.642. The van der Waals surface area contributed by atoms with Gasteiger partial charge in [0, 0.05) is 16.8 Å². The molecule has 0 atom stereocenters. The van der Waals surface area contributed by atoms with Crippen molar-refractivity contribution in [1.29, 1.82) is 0 Å². The van der Waals surface area contributed by atoms with E-state index in [1.54, 1.807) is 11.8 Å². The second kappa shape index (κ2) is 6.75. The van der Waals surface area contributed by atoms with Gasteiger partial charge in [0.2, 0.25) is 0 Å². The lowest BCUT2D eigenvalue weighted by molar-refractivity contribution is 0.328. The molecule has 0 unspecified atom stereocenters. The van der Waals surface area contributed by atoms with Crippen LogP contribution in [0.25, 0.3) is 0 Å². The smallest absolute Gasteiger partial charge is 0.0727 e. The summed E-state index contributed by atoms with van der Waals surface area (Å²) >= 11 is 7.78. The summed E-state index contributed by atoms with van der Waals surface area (Å²) in [6.45, 7) is 0. The van der Waals surface area contributed by atoms with Gasteiger partial charge in [-0.15, -0.1) is 11.8 Å². The van der Waals surface area contributed by atoms with Crippen LogP contribution in [0.5, 0.6) is 0 Å². The molecule has 1 aromatic heterocycles. The first-order chi connectivity index (χ1) is 10.2. The Kier molecular flexibility index (Phi) is 4.76. The van der Waals surface area contributed by atoms with Gasteiger partial charge in [-0.1, -0.05) is 30.9 Å². The van der Waals surface area contributed by atoms with E-state index in [-0.39, 0.29) is 0 Å². The molecule has 2 aromatic rings. The molecule has 1 fully saturated rings. The number of hydrogen-bond donors (Lipinski definition) is 1. The molecule has 0 spiro atoms. The van der Waals surface area contributed by atoms with E-state index in [1.165, 1.54) is 32.1 Å². The maximum absolute atomic E-state index is 6.04. The molecular formula is C16H20ClN3S. The predicted molar refractivity (Wildman–Crippen MR) is 89.8 cm³/mol. The van der Waals surface area contributed by atoms with Crippen LogP contribution in [-0.4, -0.2) is 9.78 Å². The van der Waals surface area contributed by atoms with Crippen LogP contribution >= 0.6 is 23.4 Å². The van der Waals surface area contributed by atoms with Crippen LogP contribution in [0.4, 0.5) is 5.69 Å². The van der Waals surface area contributed by atoms with E-state index in [4.69, 9.17) is 22.4 Å². The van der Waals surface area contributed by atoms with E-state index in [0.29, 0.717) is 16.8 Å². The zero-order valence-electron chi connectivity index (χ0n) is 12.0. The Balaban J connectivity index is 1.60. The molecule has 2 N–H and O–H groups in total. The van der Waals surface area contributed by atoms with Crippen molar-refractivity contribution in [2.24, 2.45) is 0 Å². The number of aromatic nitrogens is 2. The first kappa shape index (κ1) is 14.8. The van der Waals surface area contributed by atoms with Gasteiger partial charge < -0.3 is 5.73 Å². The SMILES string of the molecule is Nc1ccc(SCc2ccn(C3CCCCC3)n2)cc1Cl. The minimum Gasteiger partial charge on any atom is -0.398 e. The molecule has 0 aliphatic heterocycles. The highest BCUT2D eigenvalue weighted by molar-refractivity contribution is 7.98. The summed E-state index contributed by atoms with van der Waals surface area (Å²) in [6, 6.07) is 8.50. The number of hydrogen-bond acceptors (Lipinski definition) is 3. The van der Waals surface area contributed by atoms with Gasteiger partial charge in [-0.05, 0) is 37.1 Å². The third-order valence-electron chi connectivity index (χ3n) is 3.97. The first-order valence-corrected chi connectivity index (χ1v) is 8.80. The molecule has 112 valence electrons. The average molecular weight is 322 g/mol. The van der Waals surface area contributed by atoms with E-state index < -0.39 is 0 Å². The van der Waals surface area contributed by atoms with Crippen molar-refractivity contribution in [3.63, 3.8) is 0 Å². The second-order valence-electron chi connectivity index (χ2n) is 5.55. The van der Waals surface area contributed by atoms with Gasteiger partial charge in [-0.2, -0.15) is 5.10 Å². The van der Waals surface area contributed by atoms with Crippen LogP contribution in [0.1, 0.15) is 43.8 Å². The van der Waals surface area contributed by atoms with Crippen LogP contribution in [0.3, 0.4) is 0 Å². The Morgan fingerprint density at radius 3 is 2.81 bits per heavy atom. The Morgan fingerprint density at radius 1 is 1.24 bits per heavy atom. The standard InChI is InChI=1S/C16H20ClN3S/c17-15-10-14(6-7-16(15)18)21-11-12-8-9-20(19-12)13-4-2-1-3-5-13/h6-10,13H,1-5,11,18H2. The van der Waals surface area contributed by atoms with Crippen molar-refractivity contribution in [3.05, 3.63) is 41.2 Å². The first-order valence-electron chi connectivity index (χ1n) is 7.44. The third-order valence-corrected chi connectivity index (χ3v) is 5.33. The molecule has 1 aliphatic carbocycles. The van der Waals surface area contributed by atoms with E-state index in [2.05, 4.69) is 16.9 Å². The van der Waals surface area contributed by atoms with Crippen LogP contribution in [0.2, 0.25) is 5.02 Å². The Morgan fingerprint density at radius 2 is 2.05 bits per heavy atom. The molecule has 1 saturated carbocycles. The molecule has 1 aromatic carbocycles. The minimum atomic E-state index is 0.600. The van der Waals surface area contributed by atoms with Gasteiger partial charge in [0.25, 0.3) is 0 Å². The molecular weight excluding hydrogens is 302 g/mol. The van der Waals surface area contributed by atoms with Crippen molar-refractivity contribution >= 4 is 29.1 Å². The fourth-order valence-electron chi connectivity index (χ4n) is 2.76. The minimum absolute atomic E-state index is 0.600. The van der Waals surface area contributed by atoms with Gasteiger partial charge in [0.1, 0.15) is 0 Å². The average Bonchev–Trinajstić information content (AvgIpc) is 2.98. The van der Waals surface area contributed by atoms with Crippen molar-refractivity contribution in [2.75, 3.05) is 5.73 Å². The highest BCUT2D eigenvalue weighted by Gasteiger charge is 2.15. The van der Waals surface area contributed by atoms with Crippen molar-refractivity contribution in [2.45, 2.75) is 48.8 Å². The van der Waals surface area contributed by atoms with E-state index >= 15 is 0 Å². The van der Waals surface area contributed by atoms with Crippen LogP contribution < -0.4 is 5.73 Å². The zero-order valence-corrected chi connectivity index (χ0v) is 13.5. The molecule has 3 rings (SSSR count). The highest BCUT2D eigenvalue weighted by atomic mass is 35.5. The second-order valence-corrected chi connectivity index (χ2v) is 7.01. The maximum atomic E-state index is 6.04. The van der Waals surface area contributed by atoms with Crippen molar-refractivity contribution < 1.29 is 0 Å². The molecule has 3 nitrogen and oxygen atoms in total. The van der Waals surface area contributed by atoms with Gasteiger partial charge in [-0.3, -0.25) is 4.68 Å². The normalized spacial score (nSPS) is 16.2. The molecule has 5 heteroatoms. The third kappa shape index (κ3) is 3.74. The fraction of sp³-hybridized carbons (Fsp3) is 0.438. The van der Waals surface area contributed by atoms with E-state index in [1.807, 2.05) is 18.2 Å². The molecule has 0 radical (unpaired) electrons. The molecule has 21 heavy (non-hydrogen) atoms. The fourth-order valence-corrected chi connectivity index (χ4v) is 3.84. The molecule has 0 bridgehead atoms. The van der Waals surface area contributed by atoms with Gasteiger partial charge in [0.15, 0.2) is 0 Å². The number of halogens is 1. The Labute approximate surface area is 134 Å². The van der Waals surface area contributed by atoms with E-state index in [0.717, 1.165) is 16.3 Å². The number of nitrogen functional groups attached to an aromatic ring is 1. The molecule has 0 saturated heterocycles. The Hall–Kier alpha value is -1.13. The molecule has 1 aliphatic rings. The molecule has 1 heterocycles. The number of rotatable bonds is 4. The lowest BCUT2D eigenvalue weighted by Crippen LogP contribution is -2.13. The largest absolute Gasteiger partial charge is 0.398 e. The predicted octanol–water partition coefficient (Wildman–Crippen LogP) is 4.92. The summed E-state index contributed by atoms with van der Waals surface area (Å²) in [5.41, 5.74) is 7.48. The number of benzene rings is 1. The summed E-state index contributed by atoms with van der Waals surface area (Å²) in [4.78, 5) is 1.13. The lowest BCUT2D eigenvalue weighted by Gasteiger charge is -2.21. The van der Waals surface area contributed by atoms with Crippen molar-refractivity contribution in [1.82, 2.24) is 9.78 Å². The van der Waals surface area contributed by atoms with Crippen LogP contribution in [0.15, 0.2) is 35.4 Å². The monoisotopic (exact) mass is 321 g/mol. The van der Waals surface area contributed by atoms with E-state index in [9.17, 15) is 0 Å². The summed E-state index contributed by atoms with van der Waals surface area (Å²) in [5.74, 6) is 0.861. The molecule has 0 amide bonds. The summed E-state index contributed by atoms with van der Waals surface area (Å²) in [6.07, 6.45) is 8.70. The maximum Gasteiger partial charge on any atom is 0.0727 e. The van der Waals surface area contributed by atoms with Crippen LogP contribution in [0, 0.1) is 0 Å². The van der Waals surface area contributed by atoms with Gasteiger partial charge in [-0.25, -0.2) is 0 Å². The summed E-state index contributed by atoms with van der Waals surface area (Å²) in [5, 5.41) is 5.35. The zero-order chi connectivity index (χ0) is 14.7. The number of anilines is 1. The number of nitrogens with zero attached hydrogens (tertiary/aromatic N) is 2.